The van der Waals surface area contributed by atoms with E-state index < -0.39 is 0 Å². The Labute approximate surface area is 143 Å². The Kier molecular flexibility index (Phi) is 5.31. The molecule has 0 aliphatic carbocycles. The second kappa shape index (κ2) is 7.62. The van der Waals surface area contributed by atoms with Crippen molar-refractivity contribution in [1.29, 1.82) is 0 Å². The summed E-state index contributed by atoms with van der Waals surface area (Å²) >= 11 is 3.03. The monoisotopic (exact) mass is 345 g/mol. The van der Waals surface area contributed by atoms with E-state index in [9.17, 15) is 4.39 Å². The van der Waals surface area contributed by atoms with E-state index in [-0.39, 0.29) is 5.82 Å². The van der Waals surface area contributed by atoms with Crippen LogP contribution in [0.2, 0.25) is 0 Å². The van der Waals surface area contributed by atoms with Crippen LogP contribution in [-0.4, -0.2) is 4.98 Å². The van der Waals surface area contributed by atoms with Crippen molar-refractivity contribution in [3.05, 3.63) is 76.0 Å². The van der Waals surface area contributed by atoms with E-state index in [4.69, 9.17) is 4.74 Å². The maximum atomic E-state index is 13.6. The number of hydrogen-bond donors (Lipinski definition) is 0. The normalized spacial score (nSPS) is 10.7. The zero-order valence-electron chi connectivity index (χ0n) is 12.7. The molecule has 0 atom stereocenters. The molecule has 0 bridgehead atoms. The summed E-state index contributed by atoms with van der Waals surface area (Å²) in [6.45, 7) is 2.50. The first-order chi connectivity index (χ1) is 11.2. The van der Waals surface area contributed by atoms with Gasteiger partial charge in [-0.3, -0.25) is 0 Å². The largest absolute Gasteiger partial charge is 0.486 e. The summed E-state index contributed by atoms with van der Waals surface area (Å²) in [5.41, 5.74) is 2.16. The van der Waals surface area contributed by atoms with Gasteiger partial charge in [0.1, 0.15) is 23.2 Å². The number of ether oxygens (including phenoxy) is 1. The smallest absolute Gasteiger partial charge is 0.140 e. The van der Waals surface area contributed by atoms with Crippen LogP contribution in [-0.2, 0) is 12.4 Å². The zero-order chi connectivity index (χ0) is 16.1. The lowest BCUT2D eigenvalue weighted by Gasteiger charge is -2.04. The molecule has 0 spiro atoms. The Morgan fingerprint density at radius 3 is 2.70 bits per heavy atom. The van der Waals surface area contributed by atoms with Crippen LogP contribution in [0.1, 0.15) is 16.3 Å². The quantitative estimate of drug-likeness (QED) is 0.554. The highest BCUT2D eigenvalue weighted by Gasteiger charge is 2.06. The third kappa shape index (κ3) is 4.56. The average Bonchev–Trinajstić information content (AvgIpc) is 3.02. The molecule has 0 aliphatic heterocycles. The van der Waals surface area contributed by atoms with Gasteiger partial charge in [-0.25, -0.2) is 9.37 Å². The molecule has 23 heavy (non-hydrogen) atoms. The van der Waals surface area contributed by atoms with Gasteiger partial charge in [0.25, 0.3) is 0 Å². The molecule has 0 saturated heterocycles. The first kappa shape index (κ1) is 16.0. The van der Waals surface area contributed by atoms with E-state index in [0.29, 0.717) is 17.3 Å². The zero-order valence-corrected chi connectivity index (χ0v) is 14.3. The van der Waals surface area contributed by atoms with Crippen molar-refractivity contribution in [2.75, 3.05) is 0 Å². The summed E-state index contributed by atoms with van der Waals surface area (Å²) in [5.74, 6) is 1.31. The van der Waals surface area contributed by atoms with E-state index >= 15 is 0 Å². The third-order valence-electron chi connectivity index (χ3n) is 3.19. The SMILES string of the molecule is Cc1ccc(OCc2nc(CSc3ccccc3F)cs2)cc1. The molecule has 1 aromatic heterocycles. The van der Waals surface area contributed by atoms with Crippen molar-refractivity contribution >= 4 is 23.1 Å². The molecule has 0 N–H and O–H groups in total. The molecule has 5 heteroatoms. The van der Waals surface area contributed by atoms with E-state index in [1.54, 1.807) is 23.5 Å². The molecule has 1 heterocycles. The lowest BCUT2D eigenvalue weighted by atomic mass is 10.2. The number of thioether (sulfide) groups is 1. The van der Waals surface area contributed by atoms with E-state index in [0.717, 1.165) is 16.5 Å². The number of rotatable bonds is 6. The average molecular weight is 345 g/mol. The molecule has 3 rings (SSSR count). The molecule has 2 nitrogen and oxygen atoms in total. The second-order valence-corrected chi connectivity index (χ2v) is 7.01. The fourth-order valence-corrected chi connectivity index (χ4v) is 3.62. The van der Waals surface area contributed by atoms with Gasteiger partial charge in [-0.05, 0) is 31.2 Å². The standard InChI is InChI=1S/C18H16FNOS2/c1-13-6-8-15(9-7-13)21-10-18-20-14(12-23-18)11-22-17-5-3-2-4-16(17)19/h2-9,12H,10-11H2,1H3. The number of hydrogen-bond acceptors (Lipinski definition) is 4. The lowest BCUT2D eigenvalue weighted by Crippen LogP contribution is -1.95. The predicted molar refractivity (Wildman–Crippen MR) is 93.6 cm³/mol. The third-order valence-corrected chi connectivity index (χ3v) is 5.15. The van der Waals surface area contributed by atoms with E-state index in [1.807, 2.05) is 42.6 Å². The minimum Gasteiger partial charge on any atom is -0.486 e. The van der Waals surface area contributed by atoms with Crippen molar-refractivity contribution in [3.63, 3.8) is 0 Å². The molecular weight excluding hydrogens is 329 g/mol. The van der Waals surface area contributed by atoms with Gasteiger partial charge in [0.05, 0.1) is 5.69 Å². The van der Waals surface area contributed by atoms with Crippen molar-refractivity contribution < 1.29 is 9.13 Å². The van der Waals surface area contributed by atoms with Crippen LogP contribution in [0.5, 0.6) is 5.75 Å². The van der Waals surface area contributed by atoms with Crippen molar-refractivity contribution in [1.82, 2.24) is 4.98 Å². The number of nitrogens with zero attached hydrogens (tertiary/aromatic N) is 1. The minimum absolute atomic E-state index is 0.185. The summed E-state index contributed by atoms with van der Waals surface area (Å²) in [6, 6.07) is 14.8. The Balaban J connectivity index is 1.53. The number of aromatic nitrogens is 1. The molecule has 0 fully saturated rings. The van der Waals surface area contributed by atoms with E-state index in [1.165, 1.54) is 23.4 Å². The van der Waals surface area contributed by atoms with Crippen LogP contribution in [0.15, 0.2) is 58.8 Å². The van der Waals surface area contributed by atoms with Gasteiger partial charge < -0.3 is 4.74 Å². The lowest BCUT2D eigenvalue weighted by molar-refractivity contribution is 0.305. The van der Waals surface area contributed by atoms with Crippen LogP contribution >= 0.6 is 23.1 Å². The Hall–Kier alpha value is -1.85. The summed E-state index contributed by atoms with van der Waals surface area (Å²) in [6.07, 6.45) is 0. The van der Waals surface area contributed by atoms with Gasteiger partial charge in [0.15, 0.2) is 0 Å². The van der Waals surface area contributed by atoms with Crippen molar-refractivity contribution in [3.8, 4) is 5.75 Å². The maximum absolute atomic E-state index is 13.6. The first-order valence-electron chi connectivity index (χ1n) is 7.21. The highest BCUT2D eigenvalue weighted by molar-refractivity contribution is 7.98. The summed E-state index contributed by atoms with van der Waals surface area (Å²) < 4.78 is 19.3. The predicted octanol–water partition coefficient (Wildman–Crippen LogP) is 5.46. The maximum Gasteiger partial charge on any atom is 0.140 e. The van der Waals surface area contributed by atoms with Crippen LogP contribution in [0, 0.1) is 12.7 Å². The molecule has 0 aliphatic rings. The second-order valence-electron chi connectivity index (χ2n) is 5.05. The van der Waals surface area contributed by atoms with Gasteiger partial charge in [-0.1, -0.05) is 29.8 Å². The van der Waals surface area contributed by atoms with Gasteiger partial charge in [0, 0.05) is 16.0 Å². The molecule has 118 valence electrons. The molecule has 2 aromatic carbocycles. The summed E-state index contributed by atoms with van der Waals surface area (Å²) in [7, 11) is 0. The highest BCUT2D eigenvalue weighted by atomic mass is 32.2. The number of aryl methyl sites for hydroxylation is 1. The van der Waals surface area contributed by atoms with Gasteiger partial charge in [-0.15, -0.1) is 23.1 Å². The number of benzene rings is 2. The van der Waals surface area contributed by atoms with Crippen LogP contribution in [0.3, 0.4) is 0 Å². The molecule has 3 aromatic rings. The first-order valence-corrected chi connectivity index (χ1v) is 9.07. The van der Waals surface area contributed by atoms with Gasteiger partial charge >= 0.3 is 0 Å². The van der Waals surface area contributed by atoms with Crippen LogP contribution < -0.4 is 4.74 Å². The van der Waals surface area contributed by atoms with Gasteiger partial charge in [-0.2, -0.15) is 0 Å². The highest BCUT2D eigenvalue weighted by Crippen LogP contribution is 2.26. The fourth-order valence-electron chi connectivity index (χ4n) is 1.97. The summed E-state index contributed by atoms with van der Waals surface area (Å²) in [5, 5.41) is 2.93. The molecular formula is C18H16FNOS2. The van der Waals surface area contributed by atoms with Crippen molar-refractivity contribution in [2.24, 2.45) is 0 Å². The molecule has 0 radical (unpaired) electrons. The van der Waals surface area contributed by atoms with Crippen LogP contribution in [0.4, 0.5) is 4.39 Å². The minimum atomic E-state index is -0.185. The Morgan fingerprint density at radius 2 is 1.91 bits per heavy atom. The topological polar surface area (TPSA) is 22.1 Å². The number of thiazole rings is 1. The van der Waals surface area contributed by atoms with Gasteiger partial charge in [0.2, 0.25) is 0 Å². The Bertz CT molecular complexity index is 771. The Morgan fingerprint density at radius 1 is 1.13 bits per heavy atom. The molecule has 0 unspecified atom stereocenters. The van der Waals surface area contributed by atoms with Crippen molar-refractivity contribution in [2.45, 2.75) is 24.2 Å². The molecule has 0 saturated carbocycles. The summed E-state index contributed by atoms with van der Waals surface area (Å²) in [4.78, 5) is 5.19. The van der Waals surface area contributed by atoms with Crippen LogP contribution in [0.25, 0.3) is 0 Å². The fraction of sp³-hybridized carbons (Fsp3) is 0.167. The number of halogens is 1. The molecule has 0 amide bonds. The van der Waals surface area contributed by atoms with E-state index in [2.05, 4.69) is 4.98 Å².